The maximum atomic E-state index is 13.2. The summed E-state index contributed by atoms with van der Waals surface area (Å²) >= 11 is 0. The second kappa shape index (κ2) is 13.2. The second-order valence-corrected chi connectivity index (χ2v) is 9.04. The van der Waals surface area contributed by atoms with Gasteiger partial charge in [0, 0.05) is 19.2 Å². The van der Waals surface area contributed by atoms with E-state index in [0.29, 0.717) is 46.7 Å². The molecule has 0 radical (unpaired) electrons. The third kappa shape index (κ3) is 6.86. The number of hydrogen-bond donors (Lipinski definition) is 2. The summed E-state index contributed by atoms with van der Waals surface area (Å²) in [5.74, 6) is 0.567. The smallest absolute Gasteiger partial charge is 0.416 e. The minimum absolute atomic E-state index is 0.159. The predicted molar refractivity (Wildman–Crippen MR) is 148 cm³/mol. The molecule has 0 fully saturated rings. The zero-order chi connectivity index (χ0) is 29.4. The summed E-state index contributed by atoms with van der Waals surface area (Å²) in [6.45, 7) is 5.89. The number of halogens is 3. The normalized spacial score (nSPS) is 11.8. The molecule has 0 atom stereocenters. The largest absolute Gasteiger partial charge is 0.506 e. The van der Waals surface area contributed by atoms with Crippen molar-refractivity contribution in [1.29, 1.82) is 0 Å². The molecule has 2 N–H and O–H groups in total. The highest BCUT2D eigenvalue weighted by atomic mass is 19.4. The molecule has 0 saturated carbocycles. The van der Waals surface area contributed by atoms with Crippen molar-refractivity contribution in [2.24, 2.45) is 4.99 Å². The molecule has 1 aromatic heterocycles. The zero-order valence-electron chi connectivity index (χ0n) is 22.9. The Bertz CT molecular complexity index is 1400. The van der Waals surface area contributed by atoms with E-state index in [-0.39, 0.29) is 29.4 Å². The quantitative estimate of drug-likeness (QED) is 0.156. The van der Waals surface area contributed by atoms with Gasteiger partial charge in [-0.15, -0.1) is 0 Å². The Morgan fingerprint density at radius 3 is 2.17 bits per heavy atom. The van der Waals surface area contributed by atoms with Gasteiger partial charge in [0.1, 0.15) is 22.8 Å². The van der Waals surface area contributed by atoms with Crippen LogP contribution in [0.25, 0.3) is 11.1 Å². The lowest BCUT2D eigenvalue weighted by atomic mass is 9.95. The first kappa shape index (κ1) is 30.3. The summed E-state index contributed by atoms with van der Waals surface area (Å²) in [7, 11) is 4.40. The number of aromatic amines is 1. The van der Waals surface area contributed by atoms with Crippen LogP contribution in [0.15, 0.2) is 64.6 Å². The Morgan fingerprint density at radius 1 is 1.02 bits per heavy atom. The summed E-state index contributed by atoms with van der Waals surface area (Å²) in [5.41, 5.74) is 0.430. The molecule has 0 bridgehead atoms. The average Bonchev–Trinajstić information content (AvgIpc) is 2.93. The van der Waals surface area contributed by atoms with Gasteiger partial charge in [-0.2, -0.15) is 13.2 Å². The highest BCUT2D eigenvalue weighted by molar-refractivity contribution is 6.00. The lowest BCUT2D eigenvalue weighted by molar-refractivity contribution is -0.137. The number of rotatable bonds is 11. The van der Waals surface area contributed by atoms with Crippen LogP contribution in [-0.4, -0.2) is 37.3 Å². The van der Waals surface area contributed by atoms with Gasteiger partial charge < -0.3 is 24.3 Å². The summed E-state index contributed by atoms with van der Waals surface area (Å²) in [6, 6.07) is 10.0. The van der Waals surface area contributed by atoms with E-state index in [1.165, 1.54) is 33.4 Å². The molecule has 0 amide bonds. The van der Waals surface area contributed by atoms with Crippen LogP contribution in [0.5, 0.6) is 17.2 Å². The number of nitrogens with zero attached hydrogens (tertiary/aromatic N) is 1. The minimum Gasteiger partial charge on any atom is -0.506 e. The van der Waals surface area contributed by atoms with E-state index in [4.69, 9.17) is 14.2 Å². The van der Waals surface area contributed by atoms with Crippen LogP contribution in [-0.2, 0) is 23.8 Å². The molecular weight excluding hydrogens is 525 g/mol. The Balaban J connectivity index is 1.97. The number of nitrogens with one attached hydrogen (secondary N) is 1. The van der Waals surface area contributed by atoms with Gasteiger partial charge in [-0.25, -0.2) is 0 Å². The van der Waals surface area contributed by atoms with E-state index >= 15 is 0 Å². The van der Waals surface area contributed by atoms with E-state index in [2.05, 4.69) is 16.6 Å². The first-order chi connectivity index (χ1) is 19.0. The molecule has 3 rings (SSSR count). The number of pyridine rings is 1. The number of allylic oxidation sites excluding steroid dienone is 1. The molecular formula is C30H33F3N2O5. The Kier molecular flexibility index (Phi) is 10.0. The first-order valence-corrected chi connectivity index (χ1v) is 12.7. The van der Waals surface area contributed by atoms with E-state index in [1.807, 2.05) is 6.92 Å². The number of aromatic nitrogens is 1. The van der Waals surface area contributed by atoms with Crippen molar-refractivity contribution < 1.29 is 32.5 Å². The van der Waals surface area contributed by atoms with Gasteiger partial charge in [-0.1, -0.05) is 38.1 Å². The number of aliphatic imine (C=N–C) groups is 1. The van der Waals surface area contributed by atoms with Gasteiger partial charge in [-0.05, 0) is 49.1 Å². The molecule has 214 valence electrons. The van der Waals surface area contributed by atoms with Crippen LogP contribution < -0.4 is 15.0 Å². The van der Waals surface area contributed by atoms with Crippen LogP contribution in [0.3, 0.4) is 0 Å². The summed E-state index contributed by atoms with van der Waals surface area (Å²) in [6.07, 6.45) is -1.73. The molecule has 40 heavy (non-hydrogen) atoms. The molecule has 0 aliphatic rings. The number of aromatic hydroxyl groups is 1. The van der Waals surface area contributed by atoms with Crippen molar-refractivity contribution in [3.63, 3.8) is 0 Å². The Labute approximate surface area is 231 Å². The monoisotopic (exact) mass is 558 g/mol. The number of ether oxygens (including phenoxy) is 3. The Morgan fingerprint density at radius 2 is 1.65 bits per heavy atom. The van der Waals surface area contributed by atoms with Crippen LogP contribution in [0, 0.1) is 0 Å². The third-order valence-electron chi connectivity index (χ3n) is 6.36. The van der Waals surface area contributed by atoms with Gasteiger partial charge in [0.05, 0.1) is 36.7 Å². The third-order valence-corrected chi connectivity index (χ3v) is 6.36. The number of alkyl halides is 3. The molecule has 7 nitrogen and oxygen atoms in total. The molecule has 3 aromatic rings. The molecule has 0 spiro atoms. The average molecular weight is 559 g/mol. The number of aryl methyl sites for hydroxylation is 2. The fourth-order valence-corrected chi connectivity index (χ4v) is 4.28. The molecule has 2 aromatic carbocycles. The van der Waals surface area contributed by atoms with Gasteiger partial charge in [-0.3, -0.25) is 9.79 Å². The van der Waals surface area contributed by atoms with Crippen LogP contribution in [0.4, 0.5) is 13.2 Å². The lowest BCUT2D eigenvalue weighted by Gasteiger charge is -2.20. The molecule has 0 saturated heterocycles. The van der Waals surface area contributed by atoms with Crippen LogP contribution >= 0.6 is 0 Å². The number of unbranched alkanes of at least 4 members (excludes halogenated alkanes) is 1. The number of benzene rings is 2. The van der Waals surface area contributed by atoms with Crippen molar-refractivity contribution in [3.8, 4) is 28.4 Å². The maximum Gasteiger partial charge on any atom is 0.416 e. The topological polar surface area (TPSA) is 93.1 Å². The molecule has 0 aliphatic carbocycles. The predicted octanol–water partition coefficient (Wildman–Crippen LogP) is 6.67. The number of H-pyrrole nitrogens is 1. The minimum atomic E-state index is -4.41. The SMILES string of the molecule is C=C(CCc1ccc(C(F)(F)F)cc1)OC(=NC)c1c(O)c(-c2c(OC)cccc2OC)c(CCCC)[nH]c1=O. The van der Waals surface area contributed by atoms with Crippen molar-refractivity contribution >= 4 is 5.90 Å². The standard InChI is InChI=1S/C30H33F3N2O5/c1-6-7-9-21-24(25-22(38-4)10-8-11-23(25)39-5)27(36)26(28(37)35-21)29(34-3)40-18(2)12-13-19-14-16-20(17-15-19)30(31,32)33/h8,10-11,14-17H,2,6-7,9,12-13H2,1,3-5H3,(H2,35,36,37). The van der Waals surface area contributed by atoms with E-state index in [0.717, 1.165) is 25.0 Å². The van der Waals surface area contributed by atoms with Crippen molar-refractivity contribution in [2.45, 2.75) is 45.2 Å². The lowest BCUT2D eigenvalue weighted by Crippen LogP contribution is -2.23. The van der Waals surface area contributed by atoms with Crippen molar-refractivity contribution in [2.75, 3.05) is 21.3 Å². The van der Waals surface area contributed by atoms with E-state index in [9.17, 15) is 23.1 Å². The fourth-order valence-electron chi connectivity index (χ4n) is 4.28. The molecule has 1 heterocycles. The molecule has 0 aliphatic heterocycles. The van der Waals surface area contributed by atoms with Crippen molar-refractivity contribution in [3.05, 3.63) is 87.5 Å². The van der Waals surface area contributed by atoms with E-state index in [1.54, 1.807) is 18.2 Å². The first-order valence-electron chi connectivity index (χ1n) is 12.7. The maximum absolute atomic E-state index is 13.2. The summed E-state index contributed by atoms with van der Waals surface area (Å²) < 4.78 is 55.4. The summed E-state index contributed by atoms with van der Waals surface area (Å²) in [4.78, 5) is 20.2. The van der Waals surface area contributed by atoms with Gasteiger partial charge in [0.25, 0.3) is 5.56 Å². The van der Waals surface area contributed by atoms with E-state index < -0.39 is 17.3 Å². The molecule has 0 unspecified atom stereocenters. The number of hydrogen-bond acceptors (Lipinski definition) is 6. The van der Waals surface area contributed by atoms with Crippen LogP contribution in [0.1, 0.15) is 48.6 Å². The number of methoxy groups -OCH3 is 2. The van der Waals surface area contributed by atoms with Gasteiger partial charge >= 0.3 is 6.18 Å². The van der Waals surface area contributed by atoms with Crippen molar-refractivity contribution in [1.82, 2.24) is 4.98 Å². The highest BCUT2D eigenvalue weighted by Crippen LogP contribution is 2.45. The van der Waals surface area contributed by atoms with Crippen LogP contribution in [0.2, 0.25) is 0 Å². The Hall–Kier alpha value is -4.21. The highest BCUT2D eigenvalue weighted by Gasteiger charge is 2.30. The van der Waals surface area contributed by atoms with Gasteiger partial charge in [0.2, 0.25) is 5.90 Å². The zero-order valence-corrected chi connectivity index (χ0v) is 22.9. The summed E-state index contributed by atoms with van der Waals surface area (Å²) in [5, 5.41) is 11.5. The van der Waals surface area contributed by atoms with Gasteiger partial charge in [0.15, 0.2) is 0 Å². The fraction of sp³-hybridized carbons (Fsp3) is 0.333. The second-order valence-electron chi connectivity index (χ2n) is 9.04. The molecule has 10 heteroatoms.